The first-order valence-electron chi connectivity index (χ1n) is 11.7. The molecule has 3 aliphatic rings. The smallest absolute Gasteiger partial charge is 0.146 e. The molecule has 31 heavy (non-hydrogen) atoms. The van der Waals surface area contributed by atoms with Gasteiger partial charge in [0, 0.05) is 43.4 Å². The Morgan fingerprint density at radius 1 is 1.06 bits per heavy atom. The number of anilines is 1. The number of ether oxygens (including phenoxy) is 1. The zero-order valence-electron chi connectivity index (χ0n) is 18.0. The van der Waals surface area contributed by atoms with Gasteiger partial charge < -0.3 is 14.2 Å². The standard InChI is InChI=1S/C23H30N6OS/c1-2-6-19-18(5-1)21-22(28-8-3-4-17(14-28)29-9-7-24-16-29)25-20(26-23(21)31-19)15-27-10-12-30-13-11-27/h7,9,16-17H,1-6,8,10-15H2/t17-/m0/s1. The Bertz CT molecular complexity index is 1040. The van der Waals surface area contributed by atoms with Crippen LogP contribution in [-0.2, 0) is 24.1 Å². The molecule has 1 atom stereocenters. The van der Waals surface area contributed by atoms with Gasteiger partial charge in [-0.2, -0.15) is 0 Å². The average molecular weight is 439 g/mol. The Morgan fingerprint density at radius 2 is 1.97 bits per heavy atom. The number of aromatic nitrogens is 4. The van der Waals surface area contributed by atoms with Gasteiger partial charge in [-0.1, -0.05) is 0 Å². The van der Waals surface area contributed by atoms with Gasteiger partial charge in [-0.05, 0) is 44.1 Å². The number of thiophene rings is 1. The predicted molar refractivity (Wildman–Crippen MR) is 123 cm³/mol. The SMILES string of the molecule is c1cn([C@H]2CCCN(c3nc(CN4CCOCC4)nc4sc5c(c34)CCCC5)C2)cn1. The summed E-state index contributed by atoms with van der Waals surface area (Å²) in [4.78, 5) is 22.3. The number of aryl methyl sites for hydroxylation is 2. The number of nitrogens with zero attached hydrogens (tertiary/aromatic N) is 6. The molecule has 0 unspecified atom stereocenters. The second-order valence-electron chi connectivity index (χ2n) is 8.99. The molecule has 7 nitrogen and oxygen atoms in total. The van der Waals surface area contributed by atoms with Crippen molar-refractivity contribution < 1.29 is 4.74 Å². The number of fused-ring (bicyclic) bond motifs is 3. The van der Waals surface area contributed by atoms with Gasteiger partial charge in [-0.25, -0.2) is 15.0 Å². The maximum Gasteiger partial charge on any atom is 0.146 e. The normalized spacial score (nSPS) is 22.7. The molecule has 1 aliphatic carbocycles. The summed E-state index contributed by atoms with van der Waals surface area (Å²) in [5, 5.41) is 1.34. The molecule has 0 bridgehead atoms. The van der Waals surface area contributed by atoms with Gasteiger partial charge in [0.15, 0.2) is 0 Å². The fraction of sp³-hybridized carbons (Fsp3) is 0.609. The first-order valence-corrected chi connectivity index (χ1v) is 12.5. The van der Waals surface area contributed by atoms with E-state index in [9.17, 15) is 0 Å². The number of imidazole rings is 1. The summed E-state index contributed by atoms with van der Waals surface area (Å²) in [6, 6.07) is 0.457. The quantitative estimate of drug-likeness (QED) is 0.622. The lowest BCUT2D eigenvalue weighted by Crippen LogP contribution is -2.38. The topological polar surface area (TPSA) is 59.3 Å². The molecule has 2 aliphatic heterocycles. The Kier molecular flexibility index (Phi) is 5.37. The third-order valence-electron chi connectivity index (χ3n) is 6.95. The van der Waals surface area contributed by atoms with Crippen molar-refractivity contribution in [2.45, 2.75) is 51.1 Å². The summed E-state index contributed by atoms with van der Waals surface area (Å²) in [7, 11) is 0. The summed E-state index contributed by atoms with van der Waals surface area (Å²) in [6.07, 6.45) is 13.3. The molecule has 8 heteroatoms. The highest BCUT2D eigenvalue weighted by Crippen LogP contribution is 2.41. The largest absolute Gasteiger partial charge is 0.379 e. The van der Waals surface area contributed by atoms with E-state index in [-0.39, 0.29) is 0 Å². The van der Waals surface area contributed by atoms with E-state index in [0.717, 1.165) is 51.8 Å². The van der Waals surface area contributed by atoms with Crippen molar-refractivity contribution in [2.24, 2.45) is 0 Å². The van der Waals surface area contributed by atoms with Crippen molar-refractivity contribution >= 4 is 27.4 Å². The minimum atomic E-state index is 0.457. The molecular weight excluding hydrogens is 408 g/mol. The lowest BCUT2D eigenvalue weighted by atomic mass is 9.96. The number of morpholine rings is 1. The molecular formula is C23H30N6OS. The van der Waals surface area contributed by atoms with Crippen LogP contribution in [0, 0.1) is 0 Å². The highest BCUT2D eigenvalue weighted by Gasteiger charge is 2.28. The lowest BCUT2D eigenvalue weighted by molar-refractivity contribution is 0.0331. The second kappa shape index (κ2) is 8.48. The highest BCUT2D eigenvalue weighted by atomic mass is 32.1. The third-order valence-corrected chi connectivity index (χ3v) is 8.14. The molecule has 0 spiro atoms. The van der Waals surface area contributed by atoms with Crippen LogP contribution in [0.15, 0.2) is 18.7 Å². The molecule has 0 N–H and O–H groups in total. The van der Waals surface area contributed by atoms with Crippen LogP contribution in [-0.4, -0.2) is 63.8 Å². The van der Waals surface area contributed by atoms with Gasteiger partial charge in [0.1, 0.15) is 16.5 Å². The zero-order chi connectivity index (χ0) is 20.6. The van der Waals surface area contributed by atoms with Gasteiger partial charge in [0.05, 0.1) is 37.5 Å². The minimum Gasteiger partial charge on any atom is -0.379 e. The third kappa shape index (κ3) is 3.85. The number of hydrogen-bond acceptors (Lipinski definition) is 7. The molecule has 3 aromatic heterocycles. The maximum absolute atomic E-state index is 5.53. The van der Waals surface area contributed by atoms with E-state index in [1.807, 2.05) is 23.9 Å². The van der Waals surface area contributed by atoms with Crippen molar-refractivity contribution in [1.29, 1.82) is 0 Å². The molecule has 0 aromatic carbocycles. The second-order valence-corrected chi connectivity index (χ2v) is 10.1. The Labute approximate surface area is 187 Å². The minimum absolute atomic E-state index is 0.457. The van der Waals surface area contributed by atoms with E-state index in [0.29, 0.717) is 6.04 Å². The van der Waals surface area contributed by atoms with Crippen molar-refractivity contribution in [3.63, 3.8) is 0 Å². The van der Waals surface area contributed by atoms with Crippen LogP contribution >= 0.6 is 11.3 Å². The molecule has 6 rings (SSSR count). The maximum atomic E-state index is 5.53. The van der Waals surface area contributed by atoms with Crippen molar-refractivity contribution in [3.05, 3.63) is 35.0 Å². The van der Waals surface area contributed by atoms with E-state index in [1.54, 1.807) is 4.88 Å². The monoisotopic (exact) mass is 438 g/mol. The number of hydrogen-bond donors (Lipinski definition) is 0. The number of rotatable bonds is 4. The van der Waals surface area contributed by atoms with Crippen LogP contribution in [0.4, 0.5) is 5.82 Å². The Morgan fingerprint density at radius 3 is 2.84 bits per heavy atom. The molecule has 5 heterocycles. The van der Waals surface area contributed by atoms with E-state index < -0.39 is 0 Å². The molecule has 164 valence electrons. The van der Waals surface area contributed by atoms with Gasteiger partial charge in [0.2, 0.25) is 0 Å². The van der Waals surface area contributed by atoms with E-state index >= 15 is 0 Å². The van der Waals surface area contributed by atoms with Gasteiger partial charge in [0.25, 0.3) is 0 Å². The van der Waals surface area contributed by atoms with Crippen molar-refractivity contribution in [1.82, 2.24) is 24.4 Å². The van der Waals surface area contributed by atoms with E-state index in [4.69, 9.17) is 14.7 Å². The lowest BCUT2D eigenvalue weighted by Gasteiger charge is -2.35. The molecule has 0 amide bonds. The Hall–Kier alpha value is -2.03. The van der Waals surface area contributed by atoms with Crippen LogP contribution in [0.3, 0.4) is 0 Å². The van der Waals surface area contributed by atoms with Gasteiger partial charge in [-0.3, -0.25) is 4.90 Å². The first kappa shape index (κ1) is 19.6. The Balaban J connectivity index is 1.39. The predicted octanol–water partition coefficient (Wildman–Crippen LogP) is 3.44. The van der Waals surface area contributed by atoms with Gasteiger partial charge >= 0.3 is 0 Å². The molecule has 0 radical (unpaired) electrons. The first-order chi connectivity index (χ1) is 15.3. The highest BCUT2D eigenvalue weighted by molar-refractivity contribution is 7.19. The molecule has 3 aromatic rings. The summed E-state index contributed by atoms with van der Waals surface area (Å²) in [5.74, 6) is 2.14. The molecule has 2 fully saturated rings. The van der Waals surface area contributed by atoms with Gasteiger partial charge in [-0.15, -0.1) is 11.3 Å². The van der Waals surface area contributed by atoms with Crippen LogP contribution in [0.1, 0.15) is 48.0 Å². The molecule has 0 saturated carbocycles. The van der Waals surface area contributed by atoms with Crippen LogP contribution in [0.2, 0.25) is 0 Å². The fourth-order valence-electron chi connectivity index (χ4n) is 5.32. The fourth-order valence-corrected chi connectivity index (χ4v) is 6.59. The van der Waals surface area contributed by atoms with Crippen molar-refractivity contribution in [2.75, 3.05) is 44.3 Å². The van der Waals surface area contributed by atoms with Crippen LogP contribution in [0.5, 0.6) is 0 Å². The van der Waals surface area contributed by atoms with E-state index in [2.05, 4.69) is 25.5 Å². The number of piperidine rings is 1. The average Bonchev–Trinajstić information content (AvgIpc) is 3.47. The summed E-state index contributed by atoms with van der Waals surface area (Å²) in [5.41, 5.74) is 1.53. The summed E-state index contributed by atoms with van der Waals surface area (Å²) in [6.45, 7) is 6.41. The van der Waals surface area contributed by atoms with E-state index in [1.165, 1.54) is 60.1 Å². The summed E-state index contributed by atoms with van der Waals surface area (Å²) < 4.78 is 7.80. The zero-order valence-corrected chi connectivity index (χ0v) is 18.8. The van der Waals surface area contributed by atoms with Crippen LogP contribution in [0.25, 0.3) is 10.2 Å². The molecule has 2 saturated heterocycles. The summed E-state index contributed by atoms with van der Waals surface area (Å²) >= 11 is 1.92. The van der Waals surface area contributed by atoms with Crippen molar-refractivity contribution in [3.8, 4) is 0 Å². The van der Waals surface area contributed by atoms with Crippen LogP contribution < -0.4 is 4.90 Å².